The summed E-state index contributed by atoms with van der Waals surface area (Å²) < 4.78 is 32.9. The van der Waals surface area contributed by atoms with Crippen LogP contribution in [0.5, 0.6) is 5.88 Å². The van der Waals surface area contributed by atoms with Crippen LogP contribution in [0.4, 0.5) is 8.78 Å². The van der Waals surface area contributed by atoms with Crippen LogP contribution >= 0.6 is 0 Å². The van der Waals surface area contributed by atoms with Gasteiger partial charge in [-0.2, -0.15) is 0 Å². The molecule has 0 aromatic carbocycles. The molecule has 0 saturated heterocycles. The normalized spacial score (nSPS) is 11.2. The molecule has 0 N–H and O–H groups in total. The van der Waals surface area contributed by atoms with Gasteiger partial charge in [0, 0.05) is 12.0 Å². The Morgan fingerprint density at radius 3 is 2.69 bits per heavy atom. The molecule has 0 spiro atoms. The van der Waals surface area contributed by atoms with Crippen molar-refractivity contribution in [2.75, 3.05) is 6.61 Å². The van der Waals surface area contributed by atoms with E-state index in [1.807, 2.05) is 13.8 Å². The Morgan fingerprint density at radius 2 is 2.23 bits per heavy atom. The molecular formula is C8H11F2NO2. The molecule has 0 aliphatic heterocycles. The molecule has 0 radical (unpaired) electrons. The van der Waals surface area contributed by atoms with E-state index >= 15 is 0 Å². The lowest BCUT2D eigenvalue weighted by molar-refractivity contribution is 0.0776. The van der Waals surface area contributed by atoms with Crippen molar-refractivity contribution in [3.8, 4) is 5.88 Å². The van der Waals surface area contributed by atoms with Crippen molar-refractivity contribution in [2.45, 2.75) is 26.2 Å². The van der Waals surface area contributed by atoms with E-state index in [1.165, 1.54) is 6.07 Å². The number of hydrogen-bond acceptors (Lipinski definition) is 3. The standard InChI is InChI=1S/C8H11F2NO2/c1-5(2)6-3-8(11-13-6)12-4-7(9)10/h3,5,7H,4H2,1-2H3. The van der Waals surface area contributed by atoms with Crippen molar-refractivity contribution < 1.29 is 18.0 Å². The summed E-state index contributed by atoms with van der Waals surface area (Å²) in [6.07, 6.45) is -2.49. The Balaban J connectivity index is 2.49. The van der Waals surface area contributed by atoms with E-state index in [2.05, 4.69) is 9.89 Å². The fraction of sp³-hybridized carbons (Fsp3) is 0.625. The van der Waals surface area contributed by atoms with Gasteiger partial charge in [0.2, 0.25) is 0 Å². The molecule has 13 heavy (non-hydrogen) atoms. The monoisotopic (exact) mass is 191 g/mol. The van der Waals surface area contributed by atoms with Crippen LogP contribution in [-0.2, 0) is 0 Å². The Hall–Kier alpha value is -1.13. The maximum atomic E-state index is 11.7. The smallest absolute Gasteiger partial charge is 0.272 e. The third kappa shape index (κ3) is 3.01. The van der Waals surface area contributed by atoms with Crippen LogP contribution in [0.25, 0.3) is 0 Å². The summed E-state index contributed by atoms with van der Waals surface area (Å²) in [7, 11) is 0. The summed E-state index contributed by atoms with van der Waals surface area (Å²) >= 11 is 0. The largest absolute Gasteiger partial charge is 0.469 e. The maximum absolute atomic E-state index is 11.7. The van der Waals surface area contributed by atoms with Crippen LogP contribution < -0.4 is 4.74 Å². The number of rotatable bonds is 4. The van der Waals surface area contributed by atoms with E-state index in [0.717, 1.165) is 0 Å². The molecule has 0 bridgehead atoms. The Morgan fingerprint density at radius 1 is 1.54 bits per heavy atom. The Kier molecular flexibility index (Phi) is 3.22. The molecule has 0 amide bonds. The molecule has 0 saturated carbocycles. The van der Waals surface area contributed by atoms with E-state index in [0.29, 0.717) is 5.76 Å². The van der Waals surface area contributed by atoms with E-state index in [4.69, 9.17) is 4.52 Å². The predicted molar refractivity (Wildman–Crippen MR) is 42.1 cm³/mol. The van der Waals surface area contributed by atoms with Crippen molar-refractivity contribution in [1.29, 1.82) is 0 Å². The molecule has 1 heterocycles. The van der Waals surface area contributed by atoms with Crippen molar-refractivity contribution >= 4 is 0 Å². The van der Waals surface area contributed by atoms with Gasteiger partial charge in [-0.05, 0) is 5.16 Å². The van der Waals surface area contributed by atoms with Crippen LogP contribution in [-0.4, -0.2) is 18.2 Å². The molecule has 0 unspecified atom stereocenters. The maximum Gasteiger partial charge on any atom is 0.272 e. The first-order valence-electron chi connectivity index (χ1n) is 3.97. The second kappa shape index (κ2) is 4.20. The summed E-state index contributed by atoms with van der Waals surface area (Å²) in [6.45, 7) is 3.18. The number of halogens is 2. The van der Waals surface area contributed by atoms with Gasteiger partial charge in [-0.15, -0.1) is 0 Å². The number of alkyl halides is 2. The van der Waals surface area contributed by atoms with Gasteiger partial charge >= 0.3 is 0 Å². The first-order valence-corrected chi connectivity index (χ1v) is 3.97. The van der Waals surface area contributed by atoms with Crippen LogP contribution in [0, 0.1) is 0 Å². The highest BCUT2D eigenvalue weighted by molar-refractivity contribution is 5.13. The molecule has 0 aliphatic rings. The lowest BCUT2D eigenvalue weighted by Gasteiger charge is -1.98. The fourth-order valence-electron chi connectivity index (χ4n) is 0.761. The third-order valence-electron chi connectivity index (χ3n) is 1.43. The van der Waals surface area contributed by atoms with E-state index in [1.54, 1.807) is 0 Å². The summed E-state index contributed by atoms with van der Waals surface area (Å²) in [5.74, 6) is 0.921. The van der Waals surface area contributed by atoms with Crippen LogP contribution in [0.2, 0.25) is 0 Å². The van der Waals surface area contributed by atoms with E-state index in [-0.39, 0.29) is 11.8 Å². The zero-order valence-corrected chi connectivity index (χ0v) is 7.46. The molecule has 5 heteroatoms. The van der Waals surface area contributed by atoms with Crippen LogP contribution in [0.3, 0.4) is 0 Å². The van der Waals surface area contributed by atoms with Gasteiger partial charge in [-0.3, -0.25) is 0 Å². The second-order valence-corrected chi connectivity index (χ2v) is 2.92. The molecule has 0 atom stereocenters. The average molecular weight is 191 g/mol. The summed E-state index contributed by atoms with van der Waals surface area (Å²) in [4.78, 5) is 0. The minimum Gasteiger partial charge on any atom is -0.469 e. The minimum atomic E-state index is -2.49. The van der Waals surface area contributed by atoms with Crippen LogP contribution in [0.1, 0.15) is 25.5 Å². The fourth-order valence-corrected chi connectivity index (χ4v) is 0.761. The quantitative estimate of drug-likeness (QED) is 0.733. The number of aromatic nitrogens is 1. The zero-order chi connectivity index (χ0) is 9.84. The lowest BCUT2D eigenvalue weighted by atomic mass is 10.2. The van der Waals surface area contributed by atoms with E-state index in [9.17, 15) is 8.78 Å². The highest BCUT2D eigenvalue weighted by atomic mass is 19.3. The summed E-state index contributed by atoms with van der Waals surface area (Å²) in [5, 5.41) is 3.48. The molecule has 1 aromatic heterocycles. The zero-order valence-electron chi connectivity index (χ0n) is 7.46. The van der Waals surface area contributed by atoms with Gasteiger partial charge in [-0.25, -0.2) is 8.78 Å². The molecule has 3 nitrogen and oxygen atoms in total. The van der Waals surface area contributed by atoms with Gasteiger partial charge in [0.15, 0.2) is 6.61 Å². The second-order valence-electron chi connectivity index (χ2n) is 2.92. The first-order chi connectivity index (χ1) is 6.09. The topological polar surface area (TPSA) is 35.3 Å². The van der Waals surface area contributed by atoms with Gasteiger partial charge in [0.1, 0.15) is 5.76 Å². The summed E-state index contributed by atoms with van der Waals surface area (Å²) in [5.41, 5.74) is 0. The first kappa shape index (κ1) is 9.95. The van der Waals surface area contributed by atoms with Gasteiger partial charge in [0.05, 0.1) is 0 Å². The highest BCUT2D eigenvalue weighted by Gasteiger charge is 2.10. The highest BCUT2D eigenvalue weighted by Crippen LogP contribution is 2.19. The average Bonchev–Trinajstić information content (AvgIpc) is 2.48. The molecular weight excluding hydrogens is 180 g/mol. The number of nitrogens with zero attached hydrogens (tertiary/aromatic N) is 1. The van der Waals surface area contributed by atoms with Crippen molar-refractivity contribution in [3.05, 3.63) is 11.8 Å². The SMILES string of the molecule is CC(C)c1cc(OCC(F)F)no1. The number of ether oxygens (including phenoxy) is 1. The van der Waals surface area contributed by atoms with Gasteiger partial charge in [-0.1, -0.05) is 13.8 Å². The molecule has 0 aliphatic carbocycles. The Bertz CT molecular complexity index is 260. The van der Waals surface area contributed by atoms with Crippen molar-refractivity contribution in [3.63, 3.8) is 0 Å². The minimum absolute atomic E-state index is 0.115. The van der Waals surface area contributed by atoms with Gasteiger partial charge in [0.25, 0.3) is 12.3 Å². The lowest BCUT2D eigenvalue weighted by Crippen LogP contribution is -2.06. The Labute approximate surface area is 74.7 Å². The van der Waals surface area contributed by atoms with Crippen LogP contribution in [0.15, 0.2) is 10.6 Å². The predicted octanol–water partition coefficient (Wildman–Crippen LogP) is 2.44. The van der Waals surface area contributed by atoms with Crippen molar-refractivity contribution in [2.24, 2.45) is 0 Å². The van der Waals surface area contributed by atoms with Crippen molar-refractivity contribution in [1.82, 2.24) is 5.16 Å². The molecule has 0 fully saturated rings. The third-order valence-corrected chi connectivity index (χ3v) is 1.43. The van der Waals surface area contributed by atoms with E-state index < -0.39 is 13.0 Å². The van der Waals surface area contributed by atoms with Gasteiger partial charge < -0.3 is 9.26 Å². The summed E-state index contributed by atoms with van der Waals surface area (Å²) in [6, 6.07) is 1.52. The molecule has 1 rings (SSSR count). The number of hydrogen-bond donors (Lipinski definition) is 0. The molecule has 74 valence electrons. The molecule has 1 aromatic rings.